The third-order valence-electron chi connectivity index (χ3n) is 4.53. The summed E-state index contributed by atoms with van der Waals surface area (Å²) >= 11 is 3.46. The molecule has 2 aliphatic heterocycles. The normalized spacial score (nSPS) is 20.0. The second-order valence-corrected chi connectivity index (χ2v) is 8.35. The number of amides is 2. The van der Waals surface area contributed by atoms with Gasteiger partial charge in [0.1, 0.15) is 0 Å². The van der Waals surface area contributed by atoms with Crippen LogP contribution in [-0.2, 0) is 10.2 Å². The second-order valence-electron chi connectivity index (χ2n) is 7.43. The molecular weight excluding hydrogens is 344 g/mol. The fourth-order valence-electron chi connectivity index (χ4n) is 3.36. The van der Waals surface area contributed by atoms with Crippen LogP contribution in [0.25, 0.3) is 0 Å². The molecule has 1 aromatic carbocycles. The Morgan fingerprint density at radius 2 is 2.00 bits per heavy atom. The average molecular weight is 365 g/mol. The maximum absolute atomic E-state index is 12.9. The fraction of sp³-hybridized carbons (Fsp3) is 0.529. The molecule has 0 bridgehead atoms. The molecule has 0 aromatic heterocycles. The summed E-state index contributed by atoms with van der Waals surface area (Å²) in [6, 6.07) is 5.90. The van der Waals surface area contributed by atoms with Crippen LogP contribution in [-0.4, -0.2) is 35.3 Å². The summed E-state index contributed by atoms with van der Waals surface area (Å²) in [7, 11) is 0. The van der Waals surface area contributed by atoms with Crippen molar-refractivity contribution in [2.45, 2.75) is 44.6 Å². The number of nitrogens with zero attached hydrogens (tertiary/aromatic N) is 1. The SMILES string of the molecule is CC(C)(C)c1ccc(Br)cc1C(=O)N1CC2(CCC(=O)N2)C1. The smallest absolute Gasteiger partial charge is 0.254 e. The van der Waals surface area contributed by atoms with Gasteiger partial charge in [0.2, 0.25) is 5.91 Å². The lowest BCUT2D eigenvalue weighted by Gasteiger charge is -2.48. The summed E-state index contributed by atoms with van der Waals surface area (Å²) in [4.78, 5) is 26.1. The van der Waals surface area contributed by atoms with Crippen molar-refractivity contribution in [3.8, 4) is 0 Å². The first kappa shape index (κ1) is 15.5. The van der Waals surface area contributed by atoms with Crippen LogP contribution in [0.4, 0.5) is 0 Å². The van der Waals surface area contributed by atoms with Gasteiger partial charge in [-0.05, 0) is 29.5 Å². The zero-order valence-corrected chi connectivity index (χ0v) is 14.8. The van der Waals surface area contributed by atoms with Gasteiger partial charge >= 0.3 is 0 Å². The number of carbonyl (C=O) groups is 2. The lowest BCUT2D eigenvalue weighted by molar-refractivity contribution is -0.120. The molecule has 2 heterocycles. The van der Waals surface area contributed by atoms with Crippen molar-refractivity contribution in [3.63, 3.8) is 0 Å². The van der Waals surface area contributed by atoms with E-state index in [1.165, 1.54) is 0 Å². The Morgan fingerprint density at radius 3 is 2.55 bits per heavy atom. The summed E-state index contributed by atoms with van der Waals surface area (Å²) in [5.74, 6) is 0.155. The van der Waals surface area contributed by atoms with Crippen LogP contribution in [0, 0.1) is 0 Å². The van der Waals surface area contributed by atoms with E-state index in [2.05, 4.69) is 42.0 Å². The first-order valence-electron chi connectivity index (χ1n) is 7.61. The predicted octanol–water partition coefficient (Wildman–Crippen LogP) is 2.85. The number of benzene rings is 1. The highest BCUT2D eigenvalue weighted by Crippen LogP contribution is 2.34. The fourth-order valence-corrected chi connectivity index (χ4v) is 3.72. The summed E-state index contributed by atoms with van der Waals surface area (Å²) in [6.45, 7) is 7.58. The van der Waals surface area contributed by atoms with Gasteiger partial charge in [0.25, 0.3) is 5.91 Å². The summed E-state index contributed by atoms with van der Waals surface area (Å²) < 4.78 is 0.910. The Bertz CT molecular complexity index is 643. The number of hydrogen-bond donors (Lipinski definition) is 1. The van der Waals surface area contributed by atoms with Gasteiger partial charge < -0.3 is 10.2 Å². The van der Waals surface area contributed by atoms with Gasteiger partial charge in [-0.2, -0.15) is 0 Å². The van der Waals surface area contributed by atoms with Crippen LogP contribution in [0.1, 0.15) is 49.5 Å². The summed E-state index contributed by atoms with van der Waals surface area (Å²) in [5, 5.41) is 3.02. The van der Waals surface area contributed by atoms with E-state index in [4.69, 9.17) is 0 Å². The van der Waals surface area contributed by atoms with E-state index in [9.17, 15) is 9.59 Å². The van der Waals surface area contributed by atoms with Crippen molar-refractivity contribution in [2.75, 3.05) is 13.1 Å². The van der Waals surface area contributed by atoms with Gasteiger partial charge in [-0.25, -0.2) is 0 Å². The van der Waals surface area contributed by atoms with E-state index in [0.717, 1.165) is 22.0 Å². The molecule has 2 aliphatic rings. The molecule has 0 saturated carbocycles. The zero-order chi connectivity index (χ0) is 16.1. The van der Waals surface area contributed by atoms with E-state index in [0.29, 0.717) is 19.5 Å². The number of likely N-dealkylation sites (tertiary alicyclic amines) is 1. The van der Waals surface area contributed by atoms with E-state index in [1.54, 1.807) is 0 Å². The van der Waals surface area contributed by atoms with Crippen molar-refractivity contribution in [1.29, 1.82) is 0 Å². The molecule has 1 spiro atoms. The van der Waals surface area contributed by atoms with Crippen LogP contribution in [0.3, 0.4) is 0 Å². The Balaban J connectivity index is 1.82. The first-order chi connectivity index (χ1) is 10.2. The molecule has 0 atom stereocenters. The maximum Gasteiger partial charge on any atom is 0.254 e. The van der Waals surface area contributed by atoms with Crippen molar-refractivity contribution in [3.05, 3.63) is 33.8 Å². The van der Waals surface area contributed by atoms with Gasteiger partial charge in [-0.1, -0.05) is 42.8 Å². The lowest BCUT2D eigenvalue weighted by atomic mass is 9.82. The van der Waals surface area contributed by atoms with Gasteiger partial charge in [0, 0.05) is 29.5 Å². The molecule has 0 unspecified atom stereocenters. The molecule has 4 nitrogen and oxygen atoms in total. The second kappa shape index (κ2) is 5.08. The summed E-state index contributed by atoms with van der Waals surface area (Å²) in [5.41, 5.74) is 1.55. The van der Waals surface area contributed by atoms with Crippen LogP contribution < -0.4 is 5.32 Å². The van der Waals surface area contributed by atoms with E-state index in [-0.39, 0.29) is 22.8 Å². The molecule has 1 N–H and O–H groups in total. The van der Waals surface area contributed by atoms with E-state index >= 15 is 0 Å². The quantitative estimate of drug-likeness (QED) is 0.832. The van der Waals surface area contributed by atoms with Gasteiger partial charge in [0.05, 0.1) is 5.54 Å². The maximum atomic E-state index is 12.9. The number of nitrogens with one attached hydrogen (secondary N) is 1. The highest BCUT2D eigenvalue weighted by Gasteiger charge is 2.49. The molecule has 0 radical (unpaired) electrons. The number of halogens is 1. The molecule has 2 saturated heterocycles. The highest BCUT2D eigenvalue weighted by atomic mass is 79.9. The Hall–Kier alpha value is -1.36. The van der Waals surface area contributed by atoms with Crippen LogP contribution in [0.15, 0.2) is 22.7 Å². The topological polar surface area (TPSA) is 49.4 Å². The standard InChI is InChI=1S/C17H21BrN2O2/c1-16(2,3)13-5-4-11(18)8-12(13)15(22)20-9-17(10-20)7-6-14(21)19-17/h4-5,8H,6-7,9-10H2,1-3H3,(H,19,21). The third kappa shape index (κ3) is 2.67. The average Bonchev–Trinajstić information content (AvgIpc) is 2.77. The predicted molar refractivity (Wildman–Crippen MR) is 88.9 cm³/mol. The van der Waals surface area contributed by atoms with E-state index < -0.39 is 0 Å². The van der Waals surface area contributed by atoms with Crippen molar-refractivity contribution in [1.82, 2.24) is 10.2 Å². The molecule has 5 heteroatoms. The molecule has 0 aliphatic carbocycles. The largest absolute Gasteiger partial charge is 0.347 e. The van der Waals surface area contributed by atoms with Crippen LogP contribution >= 0.6 is 15.9 Å². The van der Waals surface area contributed by atoms with Crippen molar-refractivity contribution >= 4 is 27.7 Å². The minimum absolute atomic E-state index is 0.0537. The molecule has 1 aromatic rings. The summed E-state index contributed by atoms with van der Waals surface area (Å²) in [6.07, 6.45) is 1.41. The molecule has 118 valence electrons. The first-order valence-corrected chi connectivity index (χ1v) is 8.40. The monoisotopic (exact) mass is 364 g/mol. The molecular formula is C17H21BrN2O2. The van der Waals surface area contributed by atoms with Crippen molar-refractivity contribution in [2.24, 2.45) is 0 Å². The number of carbonyl (C=O) groups excluding carboxylic acids is 2. The molecule has 22 heavy (non-hydrogen) atoms. The Kier molecular flexibility index (Phi) is 3.59. The Labute approximate surface area is 139 Å². The lowest BCUT2D eigenvalue weighted by Crippen LogP contribution is -2.68. The molecule has 2 amide bonds. The molecule has 2 fully saturated rings. The third-order valence-corrected chi connectivity index (χ3v) is 5.02. The Morgan fingerprint density at radius 1 is 1.32 bits per heavy atom. The highest BCUT2D eigenvalue weighted by molar-refractivity contribution is 9.10. The zero-order valence-electron chi connectivity index (χ0n) is 13.2. The van der Waals surface area contributed by atoms with Gasteiger partial charge in [0.15, 0.2) is 0 Å². The number of rotatable bonds is 1. The molecule has 3 rings (SSSR count). The van der Waals surface area contributed by atoms with Crippen LogP contribution in [0.2, 0.25) is 0 Å². The van der Waals surface area contributed by atoms with E-state index in [1.807, 2.05) is 23.1 Å². The van der Waals surface area contributed by atoms with Crippen molar-refractivity contribution < 1.29 is 9.59 Å². The van der Waals surface area contributed by atoms with Crippen LogP contribution in [0.5, 0.6) is 0 Å². The minimum atomic E-state index is -0.166. The van der Waals surface area contributed by atoms with Gasteiger partial charge in [-0.3, -0.25) is 9.59 Å². The minimum Gasteiger partial charge on any atom is -0.347 e. The number of hydrogen-bond acceptors (Lipinski definition) is 2. The van der Waals surface area contributed by atoms with Gasteiger partial charge in [-0.15, -0.1) is 0 Å².